The van der Waals surface area contributed by atoms with E-state index in [4.69, 9.17) is 42.1 Å². The zero-order valence-electron chi connectivity index (χ0n) is 30.7. The van der Waals surface area contributed by atoms with Crippen LogP contribution in [-0.2, 0) is 19.6 Å². The average molecular weight is 776 g/mol. The first-order valence-corrected chi connectivity index (χ1v) is 18.2. The predicted molar refractivity (Wildman–Crippen MR) is 202 cm³/mol. The summed E-state index contributed by atoms with van der Waals surface area (Å²) in [5.41, 5.74) is -0.0638. The van der Waals surface area contributed by atoms with Crippen molar-refractivity contribution in [1.29, 1.82) is 0 Å². The highest BCUT2D eigenvalue weighted by Gasteiger charge is 2.57. The maximum atomic E-state index is 16.2. The molecule has 5 atom stereocenters. The van der Waals surface area contributed by atoms with Crippen molar-refractivity contribution in [3.8, 4) is 5.75 Å². The molecule has 2 aliphatic heterocycles. The lowest BCUT2D eigenvalue weighted by Crippen LogP contribution is -2.47. The standard InChI is InChI=1S/C39H46Cl2F2N4O6/c1-23(53-37(49)47-14-16-51-17-15-47)52-36(48)24-10-13-30(32(18-24)50-6)45-21-31-34(26-8-7-9-28(41)35(26)43)39(22-44-5,33(46-31)20-38(2,3)4)27-12-11-25(40)19-29(27)42/h7-13,18-19,22-23,31,33-34,45-46H,14-17,20-21H2,1-6H3/t23-,31-,33-,34-,39-/m0/s1. The molecule has 286 valence electrons. The molecule has 14 heteroatoms. The number of carbonyl (C=O) groups excluding carboxylic acids is 2. The zero-order chi connectivity index (χ0) is 38.5. The van der Waals surface area contributed by atoms with E-state index in [1.54, 1.807) is 49.7 Å². The smallest absolute Gasteiger partial charge is 0.413 e. The third-order valence-electron chi connectivity index (χ3n) is 9.54. The number of rotatable bonds is 11. The molecule has 0 aliphatic carbocycles. The van der Waals surface area contributed by atoms with Gasteiger partial charge in [0.2, 0.25) is 6.29 Å². The lowest BCUT2D eigenvalue weighted by atomic mass is 9.62. The maximum Gasteiger partial charge on any atom is 0.413 e. The van der Waals surface area contributed by atoms with Crippen LogP contribution in [0.25, 0.3) is 0 Å². The molecule has 0 saturated carbocycles. The van der Waals surface area contributed by atoms with E-state index in [0.29, 0.717) is 55.3 Å². The Bertz CT molecular complexity index is 1820. The number of methoxy groups -OCH3 is 1. The molecular weight excluding hydrogens is 729 g/mol. The number of aliphatic imine (C=N–C) groups is 1. The summed E-state index contributed by atoms with van der Waals surface area (Å²) < 4.78 is 53.9. The molecule has 0 aromatic heterocycles. The van der Waals surface area contributed by atoms with Crippen molar-refractivity contribution in [1.82, 2.24) is 10.2 Å². The normalized spacial score (nSPS) is 22.5. The van der Waals surface area contributed by atoms with Crippen molar-refractivity contribution < 1.29 is 37.3 Å². The minimum absolute atomic E-state index is 0.0540. The van der Waals surface area contributed by atoms with E-state index in [0.717, 1.165) is 0 Å². The van der Waals surface area contributed by atoms with Gasteiger partial charge in [0.05, 0.1) is 42.0 Å². The number of hydrogen-bond donors (Lipinski definition) is 2. The van der Waals surface area contributed by atoms with Crippen LogP contribution in [0.1, 0.15) is 61.5 Å². The summed E-state index contributed by atoms with van der Waals surface area (Å²) in [6.07, 6.45) is 0.558. The second kappa shape index (κ2) is 17.0. The number of hydrogen-bond acceptors (Lipinski definition) is 9. The SMILES string of the molecule is CN=C[C@]1(c2ccc(Cl)cc2F)[C@H](CC(C)(C)C)N[C@@H](CNc2ccc(C(=O)O[C@H](C)OC(=O)N3CCOCC3)cc2OC)[C@@H]1c1cccc(Cl)c1F. The van der Waals surface area contributed by atoms with Crippen LogP contribution in [0.4, 0.5) is 19.3 Å². The largest absolute Gasteiger partial charge is 0.495 e. The van der Waals surface area contributed by atoms with Gasteiger partial charge in [0.25, 0.3) is 0 Å². The molecule has 0 unspecified atom stereocenters. The van der Waals surface area contributed by atoms with E-state index in [2.05, 4.69) is 36.4 Å². The summed E-state index contributed by atoms with van der Waals surface area (Å²) in [6.45, 7) is 9.55. The van der Waals surface area contributed by atoms with Gasteiger partial charge in [0.1, 0.15) is 17.4 Å². The Hall–Kier alpha value is -3.97. The molecule has 3 aromatic carbocycles. The topological polar surface area (TPSA) is 111 Å². The molecule has 0 bridgehead atoms. The van der Waals surface area contributed by atoms with Crippen LogP contribution >= 0.6 is 23.2 Å². The fourth-order valence-electron chi connectivity index (χ4n) is 7.33. The van der Waals surface area contributed by atoms with Gasteiger partial charge in [-0.3, -0.25) is 4.99 Å². The highest BCUT2D eigenvalue weighted by atomic mass is 35.5. The number of esters is 1. The summed E-state index contributed by atoms with van der Waals surface area (Å²) in [6, 6.07) is 13.2. The Balaban J connectivity index is 1.46. The highest BCUT2D eigenvalue weighted by molar-refractivity contribution is 6.31. The summed E-state index contributed by atoms with van der Waals surface area (Å²) in [5.74, 6) is -2.23. The molecule has 0 spiro atoms. The number of anilines is 1. The predicted octanol–water partition coefficient (Wildman–Crippen LogP) is 7.86. The van der Waals surface area contributed by atoms with Crippen LogP contribution in [-0.4, -0.2) is 88.6 Å². The van der Waals surface area contributed by atoms with E-state index in [-0.39, 0.29) is 27.6 Å². The van der Waals surface area contributed by atoms with Gasteiger partial charge in [-0.25, -0.2) is 18.4 Å². The Morgan fingerprint density at radius 2 is 1.85 bits per heavy atom. The van der Waals surface area contributed by atoms with Gasteiger partial charge in [0, 0.05) is 68.4 Å². The number of nitrogens with one attached hydrogen (secondary N) is 2. The molecule has 0 radical (unpaired) electrons. The Morgan fingerprint density at radius 3 is 2.51 bits per heavy atom. The van der Waals surface area contributed by atoms with E-state index in [9.17, 15) is 9.59 Å². The maximum absolute atomic E-state index is 16.2. The minimum Gasteiger partial charge on any atom is -0.495 e. The molecule has 2 heterocycles. The van der Waals surface area contributed by atoms with E-state index in [1.165, 1.54) is 37.1 Å². The van der Waals surface area contributed by atoms with Crippen molar-refractivity contribution in [3.63, 3.8) is 0 Å². The fraction of sp³-hybridized carbons (Fsp3) is 0.462. The molecule has 53 heavy (non-hydrogen) atoms. The first-order chi connectivity index (χ1) is 25.2. The first-order valence-electron chi connectivity index (χ1n) is 17.4. The second-order valence-corrected chi connectivity index (χ2v) is 15.3. The molecule has 3 aromatic rings. The van der Waals surface area contributed by atoms with Crippen LogP contribution in [0.2, 0.25) is 10.0 Å². The monoisotopic (exact) mass is 774 g/mol. The van der Waals surface area contributed by atoms with Crippen LogP contribution < -0.4 is 15.4 Å². The number of morpholine rings is 1. The van der Waals surface area contributed by atoms with Gasteiger partial charge in [0.15, 0.2) is 0 Å². The van der Waals surface area contributed by atoms with Gasteiger partial charge in [-0.1, -0.05) is 62.2 Å². The molecular formula is C39H46Cl2F2N4O6. The first kappa shape index (κ1) is 40.2. The van der Waals surface area contributed by atoms with E-state index in [1.807, 2.05) is 0 Å². The van der Waals surface area contributed by atoms with Crippen molar-refractivity contribution in [3.05, 3.63) is 93.0 Å². The van der Waals surface area contributed by atoms with E-state index < -0.39 is 53.4 Å². The van der Waals surface area contributed by atoms with Gasteiger partial charge in [-0.2, -0.15) is 0 Å². The second-order valence-electron chi connectivity index (χ2n) is 14.4. The lowest BCUT2D eigenvalue weighted by Gasteiger charge is -2.40. The molecule has 2 N–H and O–H groups in total. The fourth-order valence-corrected chi connectivity index (χ4v) is 7.67. The molecule has 5 rings (SSSR count). The summed E-state index contributed by atoms with van der Waals surface area (Å²) >= 11 is 12.6. The van der Waals surface area contributed by atoms with Gasteiger partial charge >= 0.3 is 12.1 Å². The lowest BCUT2D eigenvalue weighted by molar-refractivity contribution is -0.0753. The Kier molecular flexibility index (Phi) is 12.9. The number of benzene rings is 3. The van der Waals surface area contributed by atoms with Crippen molar-refractivity contribution in [2.24, 2.45) is 10.4 Å². The molecule has 2 fully saturated rings. The number of halogens is 4. The van der Waals surface area contributed by atoms with Gasteiger partial charge in [-0.05, 0) is 53.8 Å². The van der Waals surface area contributed by atoms with Gasteiger partial charge < -0.3 is 34.5 Å². The van der Waals surface area contributed by atoms with E-state index >= 15 is 8.78 Å². The molecule has 2 aliphatic rings. The summed E-state index contributed by atoms with van der Waals surface area (Å²) in [4.78, 5) is 31.4. The third kappa shape index (κ3) is 9.05. The molecule has 1 amide bonds. The molecule has 10 nitrogen and oxygen atoms in total. The number of ether oxygens (including phenoxy) is 4. The van der Waals surface area contributed by atoms with Crippen molar-refractivity contribution >= 4 is 47.2 Å². The molecule has 2 saturated heterocycles. The van der Waals surface area contributed by atoms with Crippen molar-refractivity contribution in [2.75, 3.05) is 52.3 Å². The number of amides is 1. The number of carbonyl (C=O) groups is 2. The summed E-state index contributed by atoms with van der Waals surface area (Å²) in [5, 5.41) is 7.32. The zero-order valence-corrected chi connectivity index (χ0v) is 32.2. The quantitative estimate of drug-likeness (QED) is 0.115. The van der Waals surface area contributed by atoms with Crippen LogP contribution in [0.5, 0.6) is 5.75 Å². The summed E-state index contributed by atoms with van der Waals surface area (Å²) in [7, 11) is 3.08. The minimum atomic E-state index is -1.17. The van der Waals surface area contributed by atoms with Crippen LogP contribution in [0.15, 0.2) is 59.6 Å². The van der Waals surface area contributed by atoms with Crippen molar-refractivity contribution in [2.45, 2.75) is 63.8 Å². The Morgan fingerprint density at radius 1 is 1.11 bits per heavy atom. The average Bonchev–Trinajstić information content (AvgIpc) is 3.39. The third-order valence-corrected chi connectivity index (χ3v) is 10.1. The van der Waals surface area contributed by atoms with Gasteiger partial charge in [-0.15, -0.1) is 0 Å². The Labute approximate surface area is 319 Å². The number of nitrogens with zero attached hydrogens (tertiary/aromatic N) is 2. The van der Waals surface area contributed by atoms with Crippen LogP contribution in [0, 0.1) is 17.0 Å². The highest BCUT2D eigenvalue weighted by Crippen LogP contribution is 2.52. The van der Waals surface area contributed by atoms with Crippen LogP contribution in [0.3, 0.4) is 0 Å².